The fourth-order valence-electron chi connectivity index (χ4n) is 1.49. The molecule has 0 aliphatic rings. The lowest BCUT2D eigenvalue weighted by atomic mass is 10.1. The Morgan fingerprint density at radius 2 is 2.06 bits per heavy atom. The van der Waals surface area contributed by atoms with Crippen LogP contribution in [0.4, 0.5) is 0 Å². The molecule has 0 saturated carbocycles. The third-order valence-electron chi connectivity index (χ3n) is 2.80. The molecule has 0 amide bonds. The van der Waals surface area contributed by atoms with Gasteiger partial charge in [-0.2, -0.15) is 0 Å². The lowest BCUT2D eigenvalue weighted by Crippen LogP contribution is -2.32. The Labute approximate surface area is 102 Å². The average Bonchev–Trinajstić information content (AvgIpc) is 2.27. The minimum atomic E-state index is -3.22. The highest BCUT2D eigenvalue weighted by atomic mass is 32.2. The van der Waals surface area contributed by atoms with Gasteiger partial charge in [0.25, 0.3) is 0 Å². The molecule has 1 N–H and O–H groups in total. The number of methoxy groups -OCH3 is 1. The van der Waals surface area contributed by atoms with E-state index >= 15 is 0 Å². The van der Waals surface area contributed by atoms with E-state index in [1.165, 1.54) is 6.92 Å². The summed E-state index contributed by atoms with van der Waals surface area (Å²) in [6.45, 7) is 1.51. The third-order valence-corrected chi connectivity index (χ3v) is 4.46. The van der Waals surface area contributed by atoms with E-state index in [2.05, 4.69) is 0 Å². The normalized spacial score (nSPS) is 15.3. The van der Waals surface area contributed by atoms with Gasteiger partial charge >= 0.3 is 0 Å². The molecule has 2 atom stereocenters. The Morgan fingerprint density at radius 1 is 1.41 bits per heavy atom. The van der Waals surface area contributed by atoms with Gasteiger partial charge in [-0.05, 0) is 31.0 Å². The van der Waals surface area contributed by atoms with Crippen molar-refractivity contribution in [2.75, 3.05) is 13.4 Å². The summed E-state index contributed by atoms with van der Waals surface area (Å²) in [7, 11) is -1.65. The van der Waals surface area contributed by atoms with Crippen molar-refractivity contribution in [3.8, 4) is 5.75 Å². The Morgan fingerprint density at radius 3 is 2.59 bits per heavy atom. The van der Waals surface area contributed by atoms with Crippen LogP contribution in [0.5, 0.6) is 5.75 Å². The minimum absolute atomic E-state index is 0.297. The van der Waals surface area contributed by atoms with Gasteiger partial charge in [0.1, 0.15) is 5.75 Å². The summed E-state index contributed by atoms with van der Waals surface area (Å²) in [4.78, 5) is 0. The van der Waals surface area contributed by atoms with E-state index in [9.17, 15) is 13.5 Å². The fourth-order valence-corrected chi connectivity index (χ4v) is 2.16. The van der Waals surface area contributed by atoms with Gasteiger partial charge in [0.2, 0.25) is 0 Å². The van der Waals surface area contributed by atoms with Crippen molar-refractivity contribution in [1.82, 2.24) is 0 Å². The molecule has 0 aliphatic heterocycles. The molecule has 1 aromatic carbocycles. The zero-order valence-electron chi connectivity index (χ0n) is 10.3. The van der Waals surface area contributed by atoms with Gasteiger partial charge in [-0.15, -0.1) is 0 Å². The van der Waals surface area contributed by atoms with Crippen molar-refractivity contribution < 1.29 is 18.3 Å². The first-order valence-corrected chi connectivity index (χ1v) is 7.30. The topological polar surface area (TPSA) is 63.6 Å². The summed E-state index contributed by atoms with van der Waals surface area (Å²) in [6.07, 6.45) is 0.523. The van der Waals surface area contributed by atoms with Crippen LogP contribution in [0.25, 0.3) is 0 Å². The summed E-state index contributed by atoms with van der Waals surface area (Å²) in [5.41, 5.74) is 0.854. The van der Waals surface area contributed by atoms with Crippen molar-refractivity contribution >= 4 is 9.84 Å². The van der Waals surface area contributed by atoms with Crippen LogP contribution >= 0.6 is 0 Å². The van der Waals surface area contributed by atoms with Crippen LogP contribution in [0.1, 0.15) is 12.5 Å². The van der Waals surface area contributed by atoms with Crippen molar-refractivity contribution in [3.05, 3.63) is 29.8 Å². The highest BCUT2D eigenvalue weighted by molar-refractivity contribution is 7.91. The molecule has 17 heavy (non-hydrogen) atoms. The maximum absolute atomic E-state index is 11.3. The second-order valence-corrected chi connectivity index (χ2v) is 6.56. The van der Waals surface area contributed by atoms with E-state index in [-0.39, 0.29) is 0 Å². The Hall–Kier alpha value is -1.07. The van der Waals surface area contributed by atoms with Crippen molar-refractivity contribution in [1.29, 1.82) is 0 Å². The number of benzene rings is 1. The van der Waals surface area contributed by atoms with Crippen LogP contribution in [0, 0.1) is 0 Å². The zero-order chi connectivity index (χ0) is 13.1. The zero-order valence-corrected chi connectivity index (χ0v) is 11.1. The van der Waals surface area contributed by atoms with Gasteiger partial charge < -0.3 is 9.84 Å². The summed E-state index contributed by atoms with van der Waals surface area (Å²) in [5, 5.41) is 9.08. The van der Waals surface area contributed by atoms with E-state index in [1.807, 2.05) is 12.1 Å². The second-order valence-electron chi connectivity index (χ2n) is 4.16. The van der Waals surface area contributed by atoms with Gasteiger partial charge in [-0.3, -0.25) is 0 Å². The molecule has 0 spiro atoms. The number of aliphatic hydroxyl groups is 1. The first kappa shape index (κ1) is 14.0. The molecular weight excluding hydrogens is 240 g/mol. The first-order chi connectivity index (χ1) is 7.84. The smallest absolute Gasteiger partial charge is 0.152 e. The summed E-state index contributed by atoms with van der Waals surface area (Å²) in [5.74, 6) is 0.696. The highest BCUT2D eigenvalue weighted by Crippen LogP contribution is 2.16. The van der Waals surface area contributed by atoms with Crippen LogP contribution in [0.15, 0.2) is 24.3 Å². The summed E-state index contributed by atoms with van der Waals surface area (Å²) < 4.78 is 27.7. The van der Waals surface area contributed by atoms with Crippen LogP contribution in [0.2, 0.25) is 0 Å². The summed E-state index contributed by atoms with van der Waals surface area (Å²) >= 11 is 0. The van der Waals surface area contributed by atoms with E-state index in [1.54, 1.807) is 19.2 Å². The predicted octanol–water partition coefficient (Wildman–Crippen LogP) is 1.03. The van der Waals surface area contributed by atoms with Gasteiger partial charge in [-0.1, -0.05) is 12.1 Å². The molecule has 0 saturated heterocycles. The molecule has 5 heteroatoms. The van der Waals surface area contributed by atoms with Crippen LogP contribution in [-0.2, 0) is 16.3 Å². The standard InChI is InChI=1S/C12H18O4S/c1-9(17(3,14)15)12(13)8-10-5-4-6-11(7-10)16-2/h4-7,9,12-13H,8H2,1-3H3. The molecule has 1 rings (SSSR count). The second kappa shape index (κ2) is 5.51. The van der Waals surface area contributed by atoms with E-state index in [0.29, 0.717) is 12.2 Å². The van der Waals surface area contributed by atoms with Crippen molar-refractivity contribution in [2.45, 2.75) is 24.7 Å². The number of ether oxygens (including phenoxy) is 1. The Bertz CT molecular complexity index is 467. The van der Waals surface area contributed by atoms with Crippen molar-refractivity contribution in [3.63, 3.8) is 0 Å². The van der Waals surface area contributed by atoms with E-state index in [4.69, 9.17) is 4.74 Å². The van der Waals surface area contributed by atoms with Gasteiger partial charge in [0.05, 0.1) is 18.5 Å². The van der Waals surface area contributed by atoms with Gasteiger partial charge in [-0.25, -0.2) is 8.42 Å². The number of sulfone groups is 1. The fraction of sp³-hybridized carbons (Fsp3) is 0.500. The quantitative estimate of drug-likeness (QED) is 0.857. The minimum Gasteiger partial charge on any atom is -0.497 e. The molecule has 0 radical (unpaired) electrons. The summed E-state index contributed by atoms with van der Waals surface area (Å²) in [6, 6.07) is 7.24. The molecule has 0 heterocycles. The molecule has 0 fully saturated rings. The van der Waals surface area contributed by atoms with Gasteiger partial charge in [0.15, 0.2) is 9.84 Å². The third kappa shape index (κ3) is 4.02. The number of rotatable bonds is 5. The predicted molar refractivity (Wildman–Crippen MR) is 67.0 cm³/mol. The molecule has 4 nitrogen and oxygen atoms in total. The lowest BCUT2D eigenvalue weighted by Gasteiger charge is -2.17. The molecule has 0 aromatic heterocycles. The molecule has 0 aliphatic carbocycles. The maximum Gasteiger partial charge on any atom is 0.152 e. The van der Waals surface area contributed by atoms with Gasteiger partial charge in [0, 0.05) is 6.26 Å². The van der Waals surface area contributed by atoms with E-state index < -0.39 is 21.2 Å². The SMILES string of the molecule is COc1cccc(CC(O)C(C)S(C)(=O)=O)c1. The van der Waals surface area contributed by atoms with Crippen molar-refractivity contribution in [2.24, 2.45) is 0 Å². The Balaban J connectivity index is 2.77. The van der Waals surface area contributed by atoms with Crippen LogP contribution in [-0.4, -0.2) is 38.2 Å². The first-order valence-electron chi connectivity index (χ1n) is 5.34. The largest absolute Gasteiger partial charge is 0.497 e. The number of aliphatic hydroxyl groups excluding tert-OH is 1. The number of hydrogen-bond acceptors (Lipinski definition) is 4. The molecule has 2 unspecified atom stereocenters. The number of hydrogen-bond donors (Lipinski definition) is 1. The monoisotopic (exact) mass is 258 g/mol. The molecule has 1 aromatic rings. The van der Waals surface area contributed by atoms with Crippen LogP contribution < -0.4 is 4.74 Å². The molecule has 96 valence electrons. The average molecular weight is 258 g/mol. The Kier molecular flexibility index (Phi) is 4.54. The van der Waals surface area contributed by atoms with E-state index in [0.717, 1.165) is 11.8 Å². The molecule has 0 bridgehead atoms. The maximum atomic E-state index is 11.3. The highest BCUT2D eigenvalue weighted by Gasteiger charge is 2.24. The molecular formula is C12H18O4S. The van der Waals surface area contributed by atoms with Crippen LogP contribution in [0.3, 0.4) is 0 Å². The lowest BCUT2D eigenvalue weighted by molar-refractivity contribution is 0.173.